The van der Waals surface area contributed by atoms with Crippen LogP contribution in [0, 0.1) is 5.82 Å². The number of hydrogen-bond donors (Lipinski definition) is 3. The number of aromatic hydroxyl groups is 1. The fourth-order valence-corrected chi connectivity index (χ4v) is 2.79. The molecule has 1 aliphatic heterocycles. The van der Waals surface area contributed by atoms with Crippen molar-refractivity contribution in [2.45, 2.75) is 11.7 Å². The Balaban J connectivity index is 2.08. The molecule has 3 N–H and O–H groups in total. The Morgan fingerprint density at radius 1 is 1.55 bits per heavy atom. The number of thioether (sulfide) groups is 1. The zero-order valence-electron chi connectivity index (χ0n) is 10.8. The summed E-state index contributed by atoms with van der Waals surface area (Å²) in [7, 11) is 0. The average molecular weight is 390 g/mol. The van der Waals surface area contributed by atoms with Crippen molar-refractivity contribution >= 4 is 51.0 Å². The van der Waals surface area contributed by atoms with Gasteiger partial charge in [-0.15, -0.1) is 5.10 Å². The van der Waals surface area contributed by atoms with Crippen LogP contribution in [0.15, 0.2) is 26.8 Å². The van der Waals surface area contributed by atoms with E-state index in [1.54, 1.807) is 0 Å². The lowest BCUT2D eigenvalue weighted by Gasteiger charge is -2.00. The molecule has 1 fully saturated rings. The van der Waals surface area contributed by atoms with Gasteiger partial charge in [0.1, 0.15) is 16.8 Å². The third kappa shape index (κ3) is 4.04. The zero-order valence-corrected chi connectivity index (χ0v) is 13.2. The molecule has 1 amide bonds. The topological polar surface area (TPSA) is 111 Å². The molecule has 0 saturated carbocycles. The summed E-state index contributed by atoms with van der Waals surface area (Å²) >= 11 is 3.87. The number of hydrogen-bond acceptors (Lipinski definition) is 6. The minimum absolute atomic E-state index is 0.112. The molecule has 0 radical (unpaired) electrons. The maximum absolute atomic E-state index is 13.3. The van der Waals surface area contributed by atoms with E-state index in [2.05, 4.69) is 31.4 Å². The van der Waals surface area contributed by atoms with Crippen LogP contribution >= 0.6 is 27.7 Å². The Morgan fingerprint density at radius 3 is 2.95 bits per heavy atom. The van der Waals surface area contributed by atoms with Crippen molar-refractivity contribution in [2.24, 2.45) is 10.2 Å². The smallest absolute Gasteiger partial charge is 0.305 e. The van der Waals surface area contributed by atoms with E-state index in [4.69, 9.17) is 5.11 Å². The average Bonchev–Trinajstić information content (AvgIpc) is 2.75. The number of aliphatic carboxylic acids is 1. The summed E-state index contributed by atoms with van der Waals surface area (Å²) in [5.74, 6) is -2.31. The molecular formula is C12H9BrFN3O4S. The van der Waals surface area contributed by atoms with Crippen molar-refractivity contribution in [3.8, 4) is 5.75 Å². The highest BCUT2D eigenvalue weighted by atomic mass is 79.9. The summed E-state index contributed by atoms with van der Waals surface area (Å²) in [5, 5.41) is 27.4. The summed E-state index contributed by atoms with van der Waals surface area (Å²) in [6, 6.07) is 2.25. The number of amidine groups is 1. The first-order valence-electron chi connectivity index (χ1n) is 5.85. The number of benzene rings is 1. The molecule has 7 nitrogen and oxygen atoms in total. The monoisotopic (exact) mass is 389 g/mol. The minimum Gasteiger partial charge on any atom is -0.507 e. The molecule has 1 unspecified atom stereocenters. The first-order chi connectivity index (χ1) is 10.4. The van der Waals surface area contributed by atoms with Gasteiger partial charge >= 0.3 is 5.97 Å². The van der Waals surface area contributed by atoms with Gasteiger partial charge in [0.15, 0.2) is 5.17 Å². The molecule has 1 heterocycles. The largest absolute Gasteiger partial charge is 0.507 e. The molecule has 1 atom stereocenters. The number of rotatable bonds is 4. The number of amides is 1. The summed E-state index contributed by atoms with van der Waals surface area (Å²) in [6.07, 6.45) is 0.799. The van der Waals surface area contributed by atoms with E-state index >= 15 is 0 Å². The molecule has 10 heteroatoms. The van der Waals surface area contributed by atoms with Crippen molar-refractivity contribution in [3.63, 3.8) is 0 Å². The second-order valence-corrected chi connectivity index (χ2v) is 6.21. The highest BCUT2D eigenvalue weighted by Gasteiger charge is 2.32. The normalized spacial score (nSPS) is 19.8. The van der Waals surface area contributed by atoms with Crippen LogP contribution in [0.3, 0.4) is 0 Å². The molecule has 0 spiro atoms. The minimum atomic E-state index is -1.09. The van der Waals surface area contributed by atoms with Gasteiger partial charge in [0.05, 0.1) is 17.1 Å². The third-order valence-electron chi connectivity index (χ3n) is 2.55. The van der Waals surface area contributed by atoms with Gasteiger partial charge in [-0.1, -0.05) is 11.8 Å². The molecule has 0 aromatic heterocycles. The number of halogens is 2. The van der Waals surface area contributed by atoms with Crippen LogP contribution in [0.25, 0.3) is 0 Å². The van der Waals surface area contributed by atoms with Crippen LogP contribution in [0.5, 0.6) is 5.75 Å². The summed E-state index contributed by atoms with van der Waals surface area (Å²) < 4.78 is 13.5. The molecule has 116 valence electrons. The van der Waals surface area contributed by atoms with Gasteiger partial charge in [-0.3, -0.25) is 9.59 Å². The number of phenols is 1. The number of carboxylic acid groups (broad SMARTS) is 1. The molecule has 1 aromatic rings. The SMILES string of the molecule is O=C(O)CC1SC(=NN=Cc2cc(F)c(Br)cc2O)NC1=O. The maximum Gasteiger partial charge on any atom is 0.305 e. The Bertz CT molecular complexity index is 695. The highest BCUT2D eigenvalue weighted by Crippen LogP contribution is 2.25. The lowest BCUT2D eigenvalue weighted by Crippen LogP contribution is -2.26. The van der Waals surface area contributed by atoms with Crippen LogP contribution < -0.4 is 5.32 Å². The van der Waals surface area contributed by atoms with E-state index in [0.717, 1.165) is 24.0 Å². The van der Waals surface area contributed by atoms with Crippen LogP contribution in [0.1, 0.15) is 12.0 Å². The van der Waals surface area contributed by atoms with Gasteiger partial charge < -0.3 is 15.5 Å². The van der Waals surface area contributed by atoms with Crippen molar-refractivity contribution in [3.05, 3.63) is 28.0 Å². The Hall–Kier alpha value is -1.94. The quantitative estimate of drug-likeness (QED) is 0.535. The summed E-state index contributed by atoms with van der Waals surface area (Å²) in [5.41, 5.74) is 0.112. The highest BCUT2D eigenvalue weighted by molar-refractivity contribution is 9.10. The van der Waals surface area contributed by atoms with Crippen LogP contribution in [-0.4, -0.2) is 38.7 Å². The molecule has 1 saturated heterocycles. The van der Waals surface area contributed by atoms with Crippen LogP contribution in [0.4, 0.5) is 4.39 Å². The van der Waals surface area contributed by atoms with Crippen LogP contribution in [0.2, 0.25) is 0 Å². The first-order valence-corrected chi connectivity index (χ1v) is 7.52. The van der Waals surface area contributed by atoms with Gasteiger partial charge in [-0.05, 0) is 28.1 Å². The fourth-order valence-electron chi connectivity index (χ4n) is 1.54. The molecule has 0 bridgehead atoms. The second kappa shape index (κ2) is 6.88. The number of carbonyl (C=O) groups is 2. The number of nitrogens with one attached hydrogen (secondary N) is 1. The van der Waals surface area contributed by atoms with Crippen molar-refractivity contribution in [2.75, 3.05) is 0 Å². The zero-order chi connectivity index (χ0) is 16.3. The Labute approximate surface area is 136 Å². The van der Waals surface area contributed by atoms with Crippen molar-refractivity contribution in [1.82, 2.24) is 5.32 Å². The molecular weight excluding hydrogens is 381 g/mol. The van der Waals surface area contributed by atoms with E-state index in [1.807, 2.05) is 0 Å². The van der Waals surface area contributed by atoms with Gasteiger partial charge in [0.25, 0.3) is 0 Å². The van der Waals surface area contributed by atoms with Gasteiger partial charge in [-0.25, -0.2) is 4.39 Å². The molecule has 0 aliphatic carbocycles. The first kappa shape index (κ1) is 16.4. The van der Waals surface area contributed by atoms with E-state index < -0.39 is 22.9 Å². The lowest BCUT2D eigenvalue weighted by molar-refractivity contribution is -0.138. The second-order valence-electron chi connectivity index (χ2n) is 4.17. The molecule has 2 rings (SSSR count). The molecule has 1 aromatic carbocycles. The summed E-state index contributed by atoms with van der Waals surface area (Å²) in [6.45, 7) is 0. The van der Waals surface area contributed by atoms with E-state index in [0.29, 0.717) is 0 Å². The number of carbonyl (C=O) groups excluding carboxylic acids is 1. The fraction of sp³-hybridized carbons (Fsp3) is 0.167. The van der Waals surface area contributed by atoms with Crippen molar-refractivity contribution < 1.29 is 24.2 Å². The predicted molar refractivity (Wildman–Crippen MR) is 82.6 cm³/mol. The summed E-state index contributed by atoms with van der Waals surface area (Å²) in [4.78, 5) is 22.0. The Morgan fingerprint density at radius 2 is 2.27 bits per heavy atom. The lowest BCUT2D eigenvalue weighted by atomic mass is 10.2. The van der Waals surface area contributed by atoms with E-state index in [9.17, 15) is 19.1 Å². The number of carboxylic acids is 1. The van der Waals surface area contributed by atoms with Crippen LogP contribution in [-0.2, 0) is 9.59 Å². The molecule has 1 aliphatic rings. The molecule has 22 heavy (non-hydrogen) atoms. The standard InChI is InChI=1S/C12H9BrFN3O4S/c13-6-2-8(18)5(1-7(6)14)4-15-17-12-16-11(21)9(22-12)3-10(19)20/h1-2,4,9,18H,3H2,(H,19,20)(H,16,17,21). The third-order valence-corrected chi connectivity index (χ3v) is 4.23. The van der Waals surface area contributed by atoms with E-state index in [-0.39, 0.29) is 27.4 Å². The number of phenolic OH excluding ortho intramolecular Hbond substituents is 1. The van der Waals surface area contributed by atoms with Crippen molar-refractivity contribution in [1.29, 1.82) is 0 Å². The Kier molecular flexibility index (Phi) is 5.14. The maximum atomic E-state index is 13.3. The van der Waals surface area contributed by atoms with Gasteiger partial charge in [0, 0.05) is 5.56 Å². The number of nitrogens with zero attached hydrogens (tertiary/aromatic N) is 2. The van der Waals surface area contributed by atoms with E-state index in [1.165, 1.54) is 6.07 Å². The van der Waals surface area contributed by atoms with Gasteiger partial charge in [-0.2, -0.15) is 5.10 Å². The predicted octanol–water partition coefficient (Wildman–Crippen LogP) is 1.69. The van der Waals surface area contributed by atoms with Gasteiger partial charge in [0.2, 0.25) is 5.91 Å².